The zero-order valence-corrected chi connectivity index (χ0v) is 13.6. The molecular formula is C16H21ClN2OS. The van der Waals surface area contributed by atoms with Gasteiger partial charge >= 0.3 is 0 Å². The van der Waals surface area contributed by atoms with Crippen molar-refractivity contribution in [2.24, 2.45) is 5.92 Å². The first-order chi connectivity index (χ1) is 10.2. The third kappa shape index (κ3) is 3.68. The molecule has 1 N–H and O–H groups in total. The van der Waals surface area contributed by atoms with E-state index >= 15 is 0 Å². The number of rotatable bonds is 2. The van der Waals surface area contributed by atoms with Crippen LogP contribution in [0.15, 0.2) is 24.3 Å². The molecule has 114 valence electrons. The summed E-state index contributed by atoms with van der Waals surface area (Å²) in [5, 5.41) is 4.74. The molecule has 0 radical (unpaired) electrons. The number of hydrogen-bond acceptors (Lipinski definition) is 2. The first-order valence-electron chi connectivity index (χ1n) is 7.69. The van der Waals surface area contributed by atoms with Crippen molar-refractivity contribution in [3.8, 4) is 0 Å². The molecule has 2 fully saturated rings. The van der Waals surface area contributed by atoms with Crippen molar-refractivity contribution >= 4 is 34.6 Å². The number of anilines is 1. The van der Waals surface area contributed by atoms with Crippen molar-refractivity contribution in [3.63, 3.8) is 0 Å². The Hall–Kier alpha value is -0.840. The molecule has 1 aliphatic heterocycles. The predicted molar refractivity (Wildman–Crippen MR) is 90.7 cm³/mol. The SMILES string of the molecule is S=C(Nc1cccc(Cl)c1)N1CCOC1C1CCCCC1. The normalized spacial score (nSPS) is 23.3. The minimum Gasteiger partial charge on any atom is -0.356 e. The van der Waals surface area contributed by atoms with E-state index < -0.39 is 0 Å². The molecule has 0 bridgehead atoms. The van der Waals surface area contributed by atoms with Gasteiger partial charge in [0.2, 0.25) is 0 Å². The van der Waals surface area contributed by atoms with Crippen LogP contribution in [0.5, 0.6) is 0 Å². The molecule has 1 unspecified atom stereocenters. The molecule has 1 aromatic rings. The third-order valence-electron chi connectivity index (χ3n) is 4.32. The summed E-state index contributed by atoms with van der Waals surface area (Å²) in [4.78, 5) is 2.20. The van der Waals surface area contributed by atoms with Gasteiger partial charge in [0.25, 0.3) is 0 Å². The molecule has 1 heterocycles. The lowest BCUT2D eigenvalue weighted by molar-refractivity contribution is 0.00110. The Bertz CT molecular complexity index is 505. The molecule has 1 saturated carbocycles. The van der Waals surface area contributed by atoms with Gasteiger partial charge < -0.3 is 15.0 Å². The second kappa shape index (κ2) is 6.95. The predicted octanol–water partition coefficient (Wildman–Crippen LogP) is 4.28. The van der Waals surface area contributed by atoms with Crippen molar-refractivity contribution in [1.29, 1.82) is 0 Å². The number of nitrogens with one attached hydrogen (secondary N) is 1. The first-order valence-corrected chi connectivity index (χ1v) is 8.47. The Morgan fingerprint density at radius 2 is 2.10 bits per heavy atom. The molecule has 1 saturated heterocycles. The van der Waals surface area contributed by atoms with Crippen molar-refractivity contribution in [3.05, 3.63) is 29.3 Å². The number of hydrogen-bond donors (Lipinski definition) is 1. The lowest BCUT2D eigenvalue weighted by atomic mass is 9.87. The summed E-state index contributed by atoms with van der Waals surface area (Å²) in [6.45, 7) is 1.63. The average Bonchev–Trinajstić information content (AvgIpc) is 2.98. The second-order valence-corrected chi connectivity index (χ2v) is 6.62. The van der Waals surface area contributed by atoms with Crippen molar-refractivity contribution < 1.29 is 4.74 Å². The van der Waals surface area contributed by atoms with Gasteiger partial charge in [0.05, 0.1) is 6.61 Å². The number of ether oxygens (including phenoxy) is 1. The average molecular weight is 325 g/mol. The van der Waals surface area contributed by atoms with E-state index in [1.807, 2.05) is 24.3 Å². The summed E-state index contributed by atoms with van der Waals surface area (Å²) < 4.78 is 5.96. The van der Waals surface area contributed by atoms with E-state index in [1.165, 1.54) is 32.1 Å². The van der Waals surface area contributed by atoms with Gasteiger partial charge in [-0.15, -0.1) is 0 Å². The highest BCUT2D eigenvalue weighted by Gasteiger charge is 2.34. The fraction of sp³-hybridized carbons (Fsp3) is 0.562. The van der Waals surface area contributed by atoms with E-state index in [0.29, 0.717) is 10.9 Å². The Kier molecular flexibility index (Phi) is 4.99. The Morgan fingerprint density at radius 1 is 1.29 bits per heavy atom. The maximum atomic E-state index is 6.02. The zero-order chi connectivity index (χ0) is 14.7. The van der Waals surface area contributed by atoms with E-state index in [0.717, 1.165) is 24.0 Å². The van der Waals surface area contributed by atoms with E-state index in [-0.39, 0.29) is 6.23 Å². The molecule has 1 aliphatic carbocycles. The van der Waals surface area contributed by atoms with E-state index in [1.54, 1.807) is 0 Å². The number of benzene rings is 1. The molecular weight excluding hydrogens is 304 g/mol. The lowest BCUT2D eigenvalue weighted by Crippen LogP contribution is -2.43. The fourth-order valence-electron chi connectivity index (χ4n) is 3.28. The number of thiocarbonyl (C=S) groups is 1. The van der Waals surface area contributed by atoms with Crippen LogP contribution in [-0.4, -0.2) is 29.4 Å². The summed E-state index contributed by atoms with van der Waals surface area (Å²) in [5.74, 6) is 0.611. The van der Waals surface area contributed by atoms with Crippen LogP contribution in [0.4, 0.5) is 5.69 Å². The zero-order valence-electron chi connectivity index (χ0n) is 12.1. The Morgan fingerprint density at radius 3 is 2.86 bits per heavy atom. The van der Waals surface area contributed by atoms with Crippen LogP contribution in [-0.2, 0) is 4.74 Å². The van der Waals surface area contributed by atoms with Crippen LogP contribution in [0.3, 0.4) is 0 Å². The number of nitrogens with zero attached hydrogens (tertiary/aromatic N) is 1. The molecule has 5 heteroatoms. The van der Waals surface area contributed by atoms with Gasteiger partial charge in [-0.3, -0.25) is 0 Å². The van der Waals surface area contributed by atoms with Gasteiger partial charge in [-0.1, -0.05) is 36.9 Å². The topological polar surface area (TPSA) is 24.5 Å². The van der Waals surface area contributed by atoms with E-state index in [2.05, 4.69) is 10.2 Å². The smallest absolute Gasteiger partial charge is 0.175 e. The van der Waals surface area contributed by atoms with Crippen LogP contribution in [0.25, 0.3) is 0 Å². The molecule has 0 aromatic heterocycles. The molecule has 3 nitrogen and oxygen atoms in total. The Balaban J connectivity index is 1.65. The highest BCUT2D eigenvalue weighted by atomic mass is 35.5. The monoisotopic (exact) mass is 324 g/mol. The van der Waals surface area contributed by atoms with Crippen LogP contribution >= 0.6 is 23.8 Å². The number of halogens is 1. The molecule has 1 aromatic carbocycles. The minimum atomic E-state index is 0.143. The van der Waals surface area contributed by atoms with Gasteiger partial charge in [-0.05, 0) is 43.3 Å². The van der Waals surface area contributed by atoms with E-state index in [4.69, 9.17) is 28.6 Å². The lowest BCUT2D eigenvalue weighted by Gasteiger charge is -2.34. The van der Waals surface area contributed by atoms with Gasteiger partial charge in [-0.2, -0.15) is 0 Å². The van der Waals surface area contributed by atoms with Crippen molar-refractivity contribution in [1.82, 2.24) is 4.90 Å². The van der Waals surface area contributed by atoms with E-state index in [9.17, 15) is 0 Å². The van der Waals surface area contributed by atoms with Gasteiger partial charge in [0, 0.05) is 23.2 Å². The molecule has 21 heavy (non-hydrogen) atoms. The summed E-state index contributed by atoms with van der Waals surface area (Å²) in [5.41, 5.74) is 0.932. The van der Waals surface area contributed by atoms with Crippen LogP contribution in [0, 0.1) is 5.92 Å². The minimum absolute atomic E-state index is 0.143. The van der Waals surface area contributed by atoms with Gasteiger partial charge in [0.1, 0.15) is 6.23 Å². The van der Waals surface area contributed by atoms with Crippen LogP contribution < -0.4 is 5.32 Å². The Labute approximate surface area is 136 Å². The van der Waals surface area contributed by atoms with Crippen molar-refractivity contribution in [2.45, 2.75) is 38.3 Å². The molecule has 1 atom stereocenters. The largest absolute Gasteiger partial charge is 0.356 e. The van der Waals surface area contributed by atoms with Crippen LogP contribution in [0.2, 0.25) is 5.02 Å². The molecule has 0 amide bonds. The maximum absolute atomic E-state index is 6.02. The van der Waals surface area contributed by atoms with Gasteiger partial charge in [0.15, 0.2) is 5.11 Å². The molecule has 2 aliphatic rings. The maximum Gasteiger partial charge on any atom is 0.175 e. The summed E-state index contributed by atoms with van der Waals surface area (Å²) in [7, 11) is 0. The first kappa shape index (κ1) is 15.1. The molecule has 3 rings (SSSR count). The highest BCUT2D eigenvalue weighted by molar-refractivity contribution is 7.80. The second-order valence-electron chi connectivity index (χ2n) is 5.79. The highest BCUT2D eigenvalue weighted by Crippen LogP contribution is 2.32. The fourth-order valence-corrected chi connectivity index (χ4v) is 3.78. The summed E-state index contributed by atoms with van der Waals surface area (Å²) in [6, 6.07) is 7.65. The van der Waals surface area contributed by atoms with Crippen LogP contribution in [0.1, 0.15) is 32.1 Å². The third-order valence-corrected chi connectivity index (χ3v) is 4.89. The standard InChI is InChI=1S/C16H21ClN2OS/c17-13-7-4-8-14(11-13)18-16(21)19-9-10-20-15(19)12-5-2-1-3-6-12/h4,7-8,11-12,15H,1-3,5-6,9-10H2,(H,18,21). The van der Waals surface area contributed by atoms with Gasteiger partial charge in [-0.25, -0.2) is 0 Å². The quantitative estimate of drug-likeness (QED) is 0.821. The summed E-state index contributed by atoms with van der Waals surface area (Å²) >= 11 is 11.6. The molecule has 0 spiro atoms. The summed E-state index contributed by atoms with van der Waals surface area (Å²) in [6.07, 6.45) is 6.63. The van der Waals surface area contributed by atoms with Crippen molar-refractivity contribution in [2.75, 3.05) is 18.5 Å².